The zero-order valence-corrected chi connectivity index (χ0v) is 17.9. The molecule has 0 bridgehead atoms. The number of rotatable bonds is 4. The van der Waals surface area contributed by atoms with Crippen molar-refractivity contribution in [2.24, 2.45) is 0 Å². The van der Waals surface area contributed by atoms with Gasteiger partial charge in [-0.15, -0.1) is 0 Å². The normalized spacial score (nSPS) is 17.7. The van der Waals surface area contributed by atoms with E-state index in [1.807, 2.05) is 52.1 Å². The van der Waals surface area contributed by atoms with Gasteiger partial charge in [0.2, 0.25) is 0 Å². The number of ether oxygens (including phenoxy) is 1. The average Bonchev–Trinajstić information content (AvgIpc) is 2.60. The number of hydrogen-bond donors (Lipinski definition) is 2. The molecule has 1 aromatic heterocycles. The van der Waals surface area contributed by atoms with Gasteiger partial charge in [0.05, 0.1) is 0 Å². The second-order valence-electron chi connectivity index (χ2n) is 8.87. The predicted molar refractivity (Wildman–Crippen MR) is 116 cm³/mol. The molecule has 0 unspecified atom stereocenters. The van der Waals surface area contributed by atoms with Crippen LogP contribution in [-0.4, -0.2) is 40.7 Å². The number of aryl methyl sites for hydroxylation is 1. The summed E-state index contributed by atoms with van der Waals surface area (Å²) in [7, 11) is 0. The molecule has 29 heavy (non-hydrogen) atoms. The molecule has 0 spiro atoms. The average molecular weight is 397 g/mol. The van der Waals surface area contributed by atoms with Gasteiger partial charge in [-0.1, -0.05) is 6.07 Å². The Morgan fingerprint density at radius 3 is 2.76 bits per heavy atom. The zero-order chi connectivity index (χ0) is 21.0. The second kappa shape index (κ2) is 8.82. The van der Waals surface area contributed by atoms with Gasteiger partial charge in [0.25, 0.3) is 0 Å². The van der Waals surface area contributed by atoms with E-state index in [9.17, 15) is 4.79 Å². The summed E-state index contributed by atoms with van der Waals surface area (Å²) >= 11 is 0. The Kier molecular flexibility index (Phi) is 6.42. The number of carbonyl (C=O) groups excluding carboxylic acids is 1. The topological polar surface area (TPSA) is 80.5 Å². The Morgan fingerprint density at radius 2 is 2.07 bits per heavy atom. The van der Waals surface area contributed by atoms with E-state index in [4.69, 9.17) is 10.5 Å². The second-order valence-corrected chi connectivity index (χ2v) is 8.87. The maximum atomic E-state index is 12.1. The van der Waals surface area contributed by atoms with Crippen molar-refractivity contribution in [3.63, 3.8) is 0 Å². The lowest BCUT2D eigenvalue weighted by atomic mass is 10.0. The number of anilines is 1. The molecule has 1 amide bonds. The Balaban J connectivity index is 1.65. The molecule has 1 aliphatic rings. The third-order valence-electron chi connectivity index (χ3n) is 4.89. The number of nitrogens with one attached hydrogen (secondary N) is 1. The fraction of sp³-hybridized carbons (Fsp3) is 0.478. The number of amides is 1. The highest BCUT2D eigenvalue weighted by Gasteiger charge is 2.24. The van der Waals surface area contributed by atoms with Crippen LogP contribution in [0.5, 0.6) is 0 Å². The fourth-order valence-electron chi connectivity index (χ4n) is 3.66. The number of nitrogens with two attached hydrogens (primary N) is 1. The molecule has 0 radical (unpaired) electrons. The SMILES string of the molecule is Cc1ccc(-c2cc(N)cc(CN3CCC[C@H](NC(=O)OC(C)(C)C)C3)c2)cn1. The minimum atomic E-state index is -0.485. The van der Waals surface area contributed by atoms with Crippen molar-refractivity contribution in [2.75, 3.05) is 18.8 Å². The summed E-state index contributed by atoms with van der Waals surface area (Å²) in [6.45, 7) is 10.2. The summed E-state index contributed by atoms with van der Waals surface area (Å²) in [6, 6.07) is 10.4. The van der Waals surface area contributed by atoms with E-state index >= 15 is 0 Å². The van der Waals surface area contributed by atoms with Crippen LogP contribution in [0.1, 0.15) is 44.9 Å². The van der Waals surface area contributed by atoms with Crippen LogP contribution in [0.4, 0.5) is 10.5 Å². The number of pyridine rings is 1. The first-order valence-electron chi connectivity index (χ1n) is 10.2. The Bertz CT molecular complexity index is 843. The van der Waals surface area contributed by atoms with Crippen molar-refractivity contribution >= 4 is 11.8 Å². The van der Waals surface area contributed by atoms with Crippen molar-refractivity contribution in [3.05, 3.63) is 47.8 Å². The Morgan fingerprint density at radius 1 is 1.28 bits per heavy atom. The van der Waals surface area contributed by atoms with E-state index < -0.39 is 5.60 Å². The van der Waals surface area contributed by atoms with Gasteiger partial charge in [0, 0.05) is 42.3 Å². The highest BCUT2D eigenvalue weighted by molar-refractivity contribution is 5.68. The van der Waals surface area contributed by atoms with Crippen LogP contribution in [0.15, 0.2) is 36.5 Å². The first kappa shape index (κ1) is 21.1. The van der Waals surface area contributed by atoms with E-state index in [1.165, 1.54) is 5.56 Å². The van der Waals surface area contributed by atoms with Gasteiger partial charge in [0.1, 0.15) is 5.60 Å². The van der Waals surface area contributed by atoms with Crippen LogP contribution < -0.4 is 11.1 Å². The molecule has 6 nitrogen and oxygen atoms in total. The molecule has 6 heteroatoms. The van der Waals surface area contributed by atoms with Gasteiger partial charge >= 0.3 is 6.09 Å². The third-order valence-corrected chi connectivity index (χ3v) is 4.89. The maximum absolute atomic E-state index is 12.1. The predicted octanol–water partition coefficient (Wildman–Crippen LogP) is 4.13. The van der Waals surface area contributed by atoms with Gasteiger partial charge in [-0.05, 0) is 82.5 Å². The number of piperidine rings is 1. The van der Waals surface area contributed by atoms with Crippen LogP contribution in [-0.2, 0) is 11.3 Å². The molecule has 1 fully saturated rings. The summed E-state index contributed by atoms with van der Waals surface area (Å²) in [4.78, 5) is 18.8. The van der Waals surface area contributed by atoms with Crippen LogP contribution in [0, 0.1) is 6.92 Å². The number of aromatic nitrogens is 1. The highest BCUT2D eigenvalue weighted by atomic mass is 16.6. The van der Waals surface area contributed by atoms with E-state index in [2.05, 4.69) is 27.3 Å². The van der Waals surface area contributed by atoms with E-state index in [1.54, 1.807) is 0 Å². The first-order valence-corrected chi connectivity index (χ1v) is 10.2. The van der Waals surface area contributed by atoms with Crippen molar-refractivity contribution in [3.8, 4) is 11.1 Å². The number of benzene rings is 1. The van der Waals surface area contributed by atoms with Gasteiger partial charge in [-0.3, -0.25) is 9.88 Å². The standard InChI is InChI=1S/C23H32N4O2/c1-16-7-8-18(13-25-16)19-10-17(11-20(24)12-19)14-27-9-5-6-21(15-27)26-22(28)29-23(2,3)4/h7-8,10-13,21H,5-6,9,14-15,24H2,1-4H3,(H,26,28)/t21-/m0/s1. The molecule has 1 atom stereocenters. The molecular formula is C23H32N4O2. The highest BCUT2D eigenvalue weighted by Crippen LogP contribution is 2.25. The van der Waals surface area contributed by atoms with Crippen molar-refractivity contribution < 1.29 is 9.53 Å². The third kappa shape index (κ3) is 6.46. The smallest absolute Gasteiger partial charge is 0.407 e. The molecular weight excluding hydrogens is 364 g/mol. The zero-order valence-electron chi connectivity index (χ0n) is 17.9. The van der Waals surface area contributed by atoms with Crippen LogP contribution in [0.25, 0.3) is 11.1 Å². The Labute approximate surface area is 173 Å². The minimum Gasteiger partial charge on any atom is -0.444 e. The lowest BCUT2D eigenvalue weighted by Gasteiger charge is -2.33. The summed E-state index contributed by atoms with van der Waals surface area (Å²) in [5, 5.41) is 3.01. The minimum absolute atomic E-state index is 0.0976. The number of likely N-dealkylation sites (tertiary alicyclic amines) is 1. The van der Waals surface area contributed by atoms with Crippen LogP contribution in [0.2, 0.25) is 0 Å². The number of nitrogens with zero attached hydrogens (tertiary/aromatic N) is 2. The molecule has 1 saturated heterocycles. The van der Waals surface area contributed by atoms with Gasteiger partial charge in [0.15, 0.2) is 0 Å². The van der Waals surface area contributed by atoms with E-state index in [-0.39, 0.29) is 12.1 Å². The number of carbonyl (C=O) groups is 1. The van der Waals surface area contributed by atoms with Crippen LogP contribution in [0.3, 0.4) is 0 Å². The summed E-state index contributed by atoms with van der Waals surface area (Å²) in [5.74, 6) is 0. The quantitative estimate of drug-likeness (QED) is 0.760. The molecule has 3 N–H and O–H groups in total. The summed E-state index contributed by atoms with van der Waals surface area (Å²) in [6.07, 6.45) is 3.54. The van der Waals surface area contributed by atoms with Crippen molar-refractivity contribution in [1.82, 2.24) is 15.2 Å². The number of nitrogen functional groups attached to an aromatic ring is 1. The number of hydrogen-bond acceptors (Lipinski definition) is 5. The summed E-state index contributed by atoms with van der Waals surface area (Å²) < 4.78 is 5.39. The molecule has 0 aliphatic carbocycles. The van der Waals surface area contributed by atoms with Gasteiger partial charge in [-0.2, -0.15) is 0 Å². The van der Waals surface area contributed by atoms with Crippen molar-refractivity contribution in [2.45, 2.75) is 58.7 Å². The lowest BCUT2D eigenvalue weighted by Crippen LogP contribution is -2.48. The fourth-order valence-corrected chi connectivity index (χ4v) is 3.66. The van der Waals surface area contributed by atoms with Gasteiger partial charge < -0.3 is 15.8 Å². The molecule has 1 aliphatic heterocycles. The molecule has 1 aromatic carbocycles. The number of alkyl carbamates (subject to hydrolysis) is 1. The van der Waals surface area contributed by atoms with E-state index in [0.29, 0.717) is 0 Å². The molecule has 2 aromatic rings. The molecule has 3 rings (SSSR count). The molecule has 0 saturated carbocycles. The van der Waals surface area contributed by atoms with Gasteiger partial charge in [-0.25, -0.2) is 4.79 Å². The van der Waals surface area contributed by atoms with Crippen LogP contribution >= 0.6 is 0 Å². The largest absolute Gasteiger partial charge is 0.444 e. The Hall–Kier alpha value is -2.60. The molecule has 156 valence electrons. The lowest BCUT2D eigenvalue weighted by molar-refractivity contribution is 0.0470. The maximum Gasteiger partial charge on any atom is 0.407 e. The van der Waals surface area contributed by atoms with E-state index in [0.717, 1.165) is 55.0 Å². The first-order chi connectivity index (χ1) is 13.7. The summed E-state index contributed by atoms with van der Waals surface area (Å²) in [5.41, 5.74) is 10.7. The monoisotopic (exact) mass is 396 g/mol. The van der Waals surface area contributed by atoms with Crippen molar-refractivity contribution in [1.29, 1.82) is 0 Å². The molecule has 2 heterocycles.